The number of hydrogen-bond acceptors (Lipinski definition) is 3. The lowest BCUT2D eigenvalue weighted by Crippen LogP contribution is -2.52. The van der Waals surface area contributed by atoms with Crippen LogP contribution in [0.25, 0.3) is 10.8 Å². The van der Waals surface area contributed by atoms with E-state index >= 15 is 0 Å². The van der Waals surface area contributed by atoms with Crippen LogP contribution in [0.3, 0.4) is 0 Å². The molecule has 1 aliphatic heterocycles. The summed E-state index contributed by atoms with van der Waals surface area (Å²) in [5, 5.41) is 6.91. The Labute approximate surface area is 121 Å². The van der Waals surface area contributed by atoms with Gasteiger partial charge in [0.2, 0.25) is 11.8 Å². The van der Waals surface area contributed by atoms with E-state index in [1.165, 1.54) is 0 Å². The van der Waals surface area contributed by atoms with E-state index in [0.717, 1.165) is 10.8 Å². The topological polar surface area (TPSA) is 75.3 Å². The molecule has 21 heavy (non-hydrogen) atoms. The fourth-order valence-electron chi connectivity index (χ4n) is 2.40. The molecule has 1 atom stereocenters. The number of nitrogens with one attached hydrogen (secondary N) is 2. The van der Waals surface area contributed by atoms with Crippen LogP contribution < -0.4 is 10.6 Å². The number of carbonyl (C=O) groups excluding carboxylic acids is 3. The molecule has 2 aromatic carbocycles. The normalized spacial score (nSPS) is 18.4. The van der Waals surface area contributed by atoms with Gasteiger partial charge in [0.05, 0.1) is 0 Å². The third-order valence-corrected chi connectivity index (χ3v) is 3.56. The molecule has 3 amide bonds. The van der Waals surface area contributed by atoms with Crippen LogP contribution in [0.1, 0.15) is 23.2 Å². The van der Waals surface area contributed by atoms with Crippen molar-refractivity contribution in [2.75, 3.05) is 0 Å². The first-order valence-corrected chi connectivity index (χ1v) is 6.77. The highest BCUT2D eigenvalue weighted by Crippen LogP contribution is 2.16. The van der Waals surface area contributed by atoms with E-state index < -0.39 is 11.9 Å². The summed E-state index contributed by atoms with van der Waals surface area (Å²) in [4.78, 5) is 34.9. The van der Waals surface area contributed by atoms with Crippen molar-refractivity contribution in [1.82, 2.24) is 10.6 Å². The van der Waals surface area contributed by atoms with Gasteiger partial charge in [0, 0.05) is 12.0 Å². The first-order valence-electron chi connectivity index (χ1n) is 6.77. The maximum absolute atomic E-state index is 12.2. The van der Waals surface area contributed by atoms with Crippen LogP contribution in [0.4, 0.5) is 0 Å². The predicted octanol–water partition coefficient (Wildman–Crippen LogP) is 1.37. The Morgan fingerprint density at radius 2 is 1.86 bits per heavy atom. The molecule has 1 heterocycles. The van der Waals surface area contributed by atoms with Crippen LogP contribution in [0.5, 0.6) is 0 Å². The molecular formula is C16H14N2O3. The number of piperidine rings is 1. The molecule has 2 N–H and O–H groups in total. The van der Waals surface area contributed by atoms with Crippen molar-refractivity contribution in [3.05, 3.63) is 48.0 Å². The summed E-state index contributed by atoms with van der Waals surface area (Å²) in [5.74, 6) is -1.05. The Morgan fingerprint density at radius 1 is 1.10 bits per heavy atom. The van der Waals surface area contributed by atoms with Gasteiger partial charge in [0.1, 0.15) is 6.04 Å². The molecule has 5 heteroatoms. The van der Waals surface area contributed by atoms with Gasteiger partial charge in [-0.15, -0.1) is 0 Å². The van der Waals surface area contributed by atoms with Crippen molar-refractivity contribution >= 4 is 28.5 Å². The van der Waals surface area contributed by atoms with Crippen molar-refractivity contribution < 1.29 is 14.4 Å². The van der Waals surface area contributed by atoms with E-state index in [9.17, 15) is 14.4 Å². The third kappa shape index (κ3) is 2.76. The van der Waals surface area contributed by atoms with Crippen LogP contribution in [-0.4, -0.2) is 23.8 Å². The zero-order valence-corrected chi connectivity index (χ0v) is 11.3. The number of benzene rings is 2. The number of hydrogen-bond donors (Lipinski definition) is 2. The highest BCUT2D eigenvalue weighted by molar-refractivity contribution is 6.04. The van der Waals surface area contributed by atoms with Crippen molar-refractivity contribution in [2.24, 2.45) is 0 Å². The highest BCUT2D eigenvalue weighted by Gasteiger charge is 2.27. The van der Waals surface area contributed by atoms with Crippen molar-refractivity contribution in [3.8, 4) is 0 Å². The quantitative estimate of drug-likeness (QED) is 0.817. The molecule has 0 aliphatic carbocycles. The molecule has 0 radical (unpaired) electrons. The van der Waals surface area contributed by atoms with Crippen LogP contribution in [0, 0.1) is 0 Å². The number of carbonyl (C=O) groups is 3. The average Bonchev–Trinajstić information content (AvgIpc) is 2.49. The molecule has 0 spiro atoms. The Balaban J connectivity index is 1.77. The van der Waals surface area contributed by atoms with Gasteiger partial charge < -0.3 is 5.32 Å². The maximum atomic E-state index is 12.2. The van der Waals surface area contributed by atoms with Gasteiger partial charge in [-0.3, -0.25) is 19.7 Å². The molecule has 106 valence electrons. The number of imide groups is 1. The summed E-state index contributed by atoms with van der Waals surface area (Å²) < 4.78 is 0. The van der Waals surface area contributed by atoms with Crippen molar-refractivity contribution in [2.45, 2.75) is 18.9 Å². The molecule has 1 fully saturated rings. The number of amides is 3. The van der Waals surface area contributed by atoms with Crippen molar-refractivity contribution in [1.29, 1.82) is 0 Å². The van der Waals surface area contributed by atoms with E-state index in [-0.39, 0.29) is 18.2 Å². The van der Waals surface area contributed by atoms with Crippen molar-refractivity contribution in [3.63, 3.8) is 0 Å². The summed E-state index contributed by atoms with van der Waals surface area (Å²) >= 11 is 0. The highest BCUT2D eigenvalue weighted by atomic mass is 16.2. The van der Waals surface area contributed by atoms with Gasteiger partial charge >= 0.3 is 0 Å². The molecule has 3 rings (SSSR count). The van der Waals surface area contributed by atoms with Gasteiger partial charge in [-0.2, -0.15) is 0 Å². The van der Waals surface area contributed by atoms with Crippen LogP contribution in [0.15, 0.2) is 42.5 Å². The van der Waals surface area contributed by atoms with Gasteiger partial charge in [0.25, 0.3) is 5.91 Å². The fraction of sp³-hybridized carbons (Fsp3) is 0.188. The van der Waals surface area contributed by atoms with Gasteiger partial charge in [0.15, 0.2) is 0 Å². The van der Waals surface area contributed by atoms with E-state index in [1.54, 1.807) is 12.1 Å². The second-order valence-electron chi connectivity index (χ2n) is 5.04. The molecule has 0 aromatic heterocycles. The molecule has 0 saturated carbocycles. The molecule has 2 aromatic rings. The van der Waals surface area contributed by atoms with Crippen LogP contribution in [-0.2, 0) is 9.59 Å². The fourth-order valence-corrected chi connectivity index (χ4v) is 2.40. The minimum atomic E-state index is -0.651. The summed E-state index contributed by atoms with van der Waals surface area (Å²) in [5.41, 5.74) is 0.499. The smallest absolute Gasteiger partial charge is 0.251 e. The van der Waals surface area contributed by atoms with Crippen LogP contribution >= 0.6 is 0 Å². The van der Waals surface area contributed by atoms with Gasteiger partial charge in [-0.1, -0.05) is 30.3 Å². The Kier molecular flexibility index (Phi) is 3.39. The first-order chi connectivity index (χ1) is 10.1. The number of rotatable bonds is 2. The van der Waals surface area contributed by atoms with Gasteiger partial charge in [-0.25, -0.2) is 0 Å². The summed E-state index contributed by atoms with van der Waals surface area (Å²) in [6.07, 6.45) is 0.582. The standard InChI is InChI=1S/C16H14N2O3/c19-14-8-7-13(16(21)18-14)17-15(20)12-6-5-10-3-1-2-4-11(10)9-12/h1-6,9,13H,7-8H2,(H,17,20)(H,18,19,21). The molecule has 5 nitrogen and oxygen atoms in total. The predicted molar refractivity (Wildman–Crippen MR) is 77.6 cm³/mol. The van der Waals surface area contributed by atoms with E-state index in [1.807, 2.05) is 30.3 Å². The summed E-state index contributed by atoms with van der Waals surface area (Å²) in [6.45, 7) is 0. The van der Waals surface area contributed by atoms with E-state index in [0.29, 0.717) is 12.0 Å². The lowest BCUT2D eigenvalue weighted by atomic mass is 10.0. The molecular weight excluding hydrogens is 268 g/mol. The van der Waals surface area contributed by atoms with Gasteiger partial charge in [-0.05, 0) is 29.3 Å². The van der Waals surface area contributed by atoms with E-state index in [2.05, 4.69) is 10.6 Å². The summed E-state index contributed by atoms with van der Waals surface area (Å²) in [7, 11) is 0. The molecule has 0 bridgehead atoms. The molecule has 1 unspecified atom stereocenters. The SMILES string of the molecule is O=C1CCC(NC(=O)c2ccc3ccccc3c2)C(=O)N1. The zero-order chi connectivity index (χ0) is 14.8. The molecule has 1 saturated heterocycles. The number of fused-ring (bicyclic) bond motifs is 1. The first kappa shape index (κ1) is 13.3. The Morgan fingerprint density at radius 3 is 2.62 bits per heavy atom. The van der Waals surface area contributed by atoms with E-state index in [4.69, 9.17) is 0 Å². The zero-order valence-electron chi connectivity index (χ0n) is 11.3. The van der Waals surface area contributed by atoms with Crippen LogP contribution in [0.2, 0.25) is 0 Å². The third-order valence-electron chi connectivity index (χ3n) is 3.56. The summed E-state index contributed by atoms with van der Waals surface area (Å²) in [6, 6.07) is 12.5. The maximum Gasteiger partial charge on any atom is 0.251 e. The lowest BCUT2D eigenvalue weighted by Gasteiger charge is -2.21. The second-order valence-corrected chi connectivity index (χ2v) is 5.04. The Hall–Kier alpha value is -2.69. The second kappa shape index (κ2) is 5.36. The average molecular weight is 282 g/mol. The minimum absolute atomic E-state index is 0.244. The minimum Gasteiger partial charge on any atom is -0.340 e. The largest absolute Gasteiger partial charge is 0.340 e. The monoisotopic (exact) mass is 282 g/mol. The molecule has 1 aliphatic rings. The lowest BCUT2D eigenvalue weighted by molar-refractivity contribution is -0.134. The Bertz CT molecular complexity index is 739.